The molecule has 2 N–H and O–H groups in total. The number of imide groups is 1. The third kappa shape index (κ3) is 2.67. The van der Waals surface area contributed by atoms with E-state index in [4.69, 9.17) is 0 Å². The van der Waals surface area contributed by atoms with Crippen LogP contribution >= 0.6 is 0 Å². The maximum atomic E-state index is 12.9. The number of fused-ring (bicyclic) bond motifs is 1. The average molecular weight is 356 g/mol. The number of benzene rings is 1. The number of nitrogens with zero attached hydrogens (tertiary/aromatic N) is 2. The first-order valence-corrected chi connectivity index (χ1v) is 9.08. The summed E-state index contributed by atoms with van der Waals surface area (Å²) in [5, 5.41) is 6.10. The highest BCUT2D eigenvalue weighted by Gasteiger charge is 2.50. The van der Waals surface area contributed by atoms with Gasteiger partial charge in [-0.25, -0.2) is 4.79 Å². The minimum Gasteiger partial charge on any atom is -0.340 e. The number of amides is 4. The van der Waals surface area contributed by atoms with Gasteiger partial charge in [-0.15, -0.1) is 0 Å². The molecule has 3 aliphatic heterocycles. The quantitative estimate of drug-likeness (QED) is 0.770. The standard InChI is InChI=1S/C19H24N4O3/c1-12-3-5-15(6-4-12)19(2)17(25)23(18(26)21-19)11-16(24)22-9-13-7-20-8-14(13)10-22/h3-6,13-14,20H,7-11H2,1-2H3,(H,21,26)/t13-,14+,19?. The summed E-state index contributed by atoms with van der Waals surface area (Å²) >= 11 is 0. The van der Waals surface area contributed by atoms with Gasteiger partial charge in [0.25, 0.3) is 5.91 Å². The van der Waals surface area contributed by atoms with Crippen LogP contribution in [0.1, 0.15) is 18.1 Å². The van der Waals surface area contributed by atoms with E-state index in [0.29, 0.717) is 24.9 Å². The molecule has 0 aromatic heterocycles. The molecule has 3 aliphatic rings. The van der Waals surface area contributed by atoms with Crippen LogP contribution in [0, 0.1) is 18.8 Å². The van der Waals surface area contributed by atoms with Gasteiger partial charge in [-0.1, -0.05) is 29.8 Å². The molecular weight excluding hydrogens is 332 g/mol. The minimum atomic E-state index is -1.13. The highest BCUT2D eigenvalue weighted by atomic mass is 16.2. The van der Waals surface area contributed by atoms with E-state index in [0.717, 1.165) is 29.1 Å². The number of carbonyl (C=O) groups excluding carboxylic acids is 3. The van der Waals surface area contributed by atoms with Gasteiger partial charge >= 0.3 is 6.03 Å². The fourth-order valence-corrected chi connectivity index (χ4v) is 4.22. The van der Waals surface area contributed by atoms with Crippen molar-refractivity contribution in [3.8, 4) is 0 Å². The van der Waals surface area contributed by atoms with Gasteiger partial charge in [0, 0.05) is 26.2 Å². The molecule has 3 saturated heterocycles. The van der Waals surface area contributed by atoms with Gasteiger partial charge in [0.2, 0.25) is 5.91 Å². The molecule has 0 aliphatic carbocycles. The van der Waals surface area contributed by atoms with E-state index in [1.807, 2.05) is 31.2 Å². The molecule has 3 fully saturated rings. The number of urea groups is 1. The Morgan fingerprint density at radius 3 is 2.38 bits per heavy atom. The molecule has 0 bridgehead atoms. The van der Waals surface area contributed by atoms with Gasteiger partial charge in [-0.2, -0.15) is 0 Å². The molecule has 0 spiro atoms. The maximum Gasteiger partial charge on any atom is 0.325 e. The first-order chi connectivity index (χ1) is 12.4. The van der Waals surface area contributed by atoms with Gasteiger partial charge in [0.05, 0.1) is 0 Å². The van der Waals surface area contributed by atoms with Gasteiger partial charge in [-0.3, -0.25) is 14.5 Å². The Hall–Kier alpha value is -2.41. The molecule has 7 heteroatoms. The van der Waals surface area contributed by atoms with Gasteiger partial charge in [0.15, 0.2) is 0 Å². The van der Waals surface area contributed by atoms with E-state index < -0.39 is 11.6 Å². The van der Waals surface area contributed by atoms with Crippen LogP contribution in [-0.4, -0.2) is 60.4 Å². The molecule has 1 unspecified atom stereocenters. The summed E-state index contributed by atoms with van der Waals surface area (Å²) in [5.41, 5.74) is 0.671. The van der Waals surface area contributed by atoms with Crippen molar-refractivity contribution >= 4 is 17.8 Å². The normalized spacial score (nSPS) is 30.7. The van der Waals surface area contributed by atoms with E-state index in [1.165, 1.54) is 0 Å². The Kier molecular flexibility index (Phi) is 3.99. The lowest BCUT2D eigenvalue weighted by molar-refractivity contribution is -0.138. The van der Waals surface area contributed by atoms with Crippen LogP contribution in [0.3, 0.4) is 0 Å². The zero-order chi connectivity index (χ0) is 18.5. The Morgan fingerprint density at radius 2 is 1.77 bits per heavy atom. The zero-order valence-electron chi connectivity index (χ0n) is 15.1. The smallest absolute Gasteiger partial charge is 0.325 e. The number of rotatable bonds is 3. The summed E-state index contributed by atoms with van der Waals surface area (Å²) in [5.74, 6) is 0.441. The number of hydrogen-bond donors (Lipinski definition) is 2. The van der Waals surface area contributed by atoms with E-state index in [2.05, 4.69) is 10.6 Å². The van der Waals surface area contributed by atoms with Crippen LogP contribution in [0.5, 0.6) is 0 Å². The van der Waals surface area contributed by atoms with Gasteiger partial charge < -0.3 is 15.5 Å². The molecule has 1 aromatic rings. The lowest BCUT2D eigenvalue weighted by Gasteiger charge is -2.23. The molecule has 4 rings (SSSR count). The second-order valence-corrected chi connectivity index (χ2v) is 7.79. The van der Waals surface area contributed by atoms with Crippen molar-refractivity contribution in [2.75, 3.05) is 32.7 Å². The van der Waals surface area contributed by atoms with Gasteiger partial charge in [0.1, 0.15) is 12.1 Å². The average Bonchev–Trinajstić information content (AvgIpc) is 3.25. The monoisotopic (exact) mass is 356 g/mol. The highest BCUT2D eigenvalue weighted by molar-refractivity contribution is 6.09. The van der Waals surface area contributed by atoms with E-state index in [-0.39, 0.29) is 18.4 Å². The molecule has 0 radical (unpaired) electrons. The largest absolute Gasteiger partial charge is 0.340 e. The summed E-state index contributed by atoms with van der Waals surface area (Å²) < 4.78 is 0. The fourth-order valence-electron chi connectivity index (χ4n) is 4.22. The topological polar surface area (TPSA) is 81.8 Å². The summed E-state index contributed by atoms with van der Waals surface area (Å²) in [6, 6.07) is 6.99. The Morgan fingerprint density at radius 1 is 1.15 bits per heavy atom. The SMILES string of the molecule is Cc1ccc(C2(C)NC(=O)N(CC(=O)N3C[C@H]4CNC[C@H]4C3)C2=O)cc1. The molecule has 4 amide bonds. The van der Waals surface area contributed by atoms with Crippen LogP contribution in [0.2, 0.25) is 0 Å². The van der Waals surface area contributed by atoms with Crippen molar-refractivity contribution in [3.05, 3.63) is 35.4 Å². The van der Waals surface area contributed by atoms with Crippen molar-refractivity contribution in [1.29, 1.82) is 0 Å². The molecule has 7 nitrogen and oxygen atoms in total. The van der Waals surface area contributed by atoms with Crippen LogP contribution in [0.4, 0.5) is 4.79 Å². The number of nitrogens with one attached hydrogen (secondary N) is 2. The number of hydrogen-bond acceptors (Lipinski definition) is 4. The first kappa shape index (κ1) is 17.0. The molecule has 3 atom stereocenters. The van der Waals surface area contributed by atoms with E-state index >= 15 is 0 Å². The number of carbonyl (C=O) groups is 3. The first-order valence-electron chi connectivity index (χ1n) is 9.08. The molecule has 1 aromatic carbocycles. The highest BCUT2D eigenvalue weighted by Crippen LogP contribution is 2.30. The molecule has 138 valence electrons. The fraction of sp³-hybridized carbons (Fsp3) is 0.526. The predicted octanol–water partition coefficient (Wildman–Crippen LogP) is 0.440. The second kappa shape index (κ2) is 6.09. The molecule has 0 saturated carbocycles. The van der Waals surface area contributed by atoms with E-state index in [1.54, 1.807) is 11.8 Å². The zero-order valence-corrected chi connectivity index (χ0v) is 15.1. The van der Waals surface area contributed by atoms with Gasteiger partial charge in [-0.05, 0) is 31.2 Å². The summed E-state index contributed by atoms with van der Waals surface area (Å²) in [6.07, 6.45) is 0. The van der Waals surface area contributed by atoms with Crippen LogP contribution in [0.15, 0.2) is 24.3 Å². The summed E-state index contributed by atoms with van der Waals surface area (Å²) in [7, 11) is 0. The lowest BCUT2D eigenvalue weighted by Crippen LogP contribution is -2.44. The van der Waals surface area contributed by atoms with Crippen LogP contribution in [-0.2, 0) is 15.1 Å². The Labute approximate surface area is 152 Å². The molecule has 26 heavy (non-hydrogen) atoms. The molecule has 3 heterocycles. The van der Waals surface area contributed by atoms with Crippen LogP contribution < -0.4 is 10.6 Å². The third-order valence-electron chi connectivity index (χ3n) is 5.94. The minimum absolute atomic E-state index is 0.156. The van der Waals surface area contributed by atoms with Crippen LogP contribution in [0.25, 0.3) is 0 Å². The number of aryl methyl sites for hydroxylation is 1. The van der Waals surface area contributed by atoms with Crippen molar-refractivity contribution in [3.63, 3.8) is 0 Å². The Balaban J connectivity index is 1.47. The molecular formula is C19H24N4O3. The van der Waals surface area contributed by atoms with Crippen molar-refractivity contribution in [2.45, 2.75) is 19.4 Å². The third-order valence-corrected chi connectivity index (χ3v) is 5.94. The predicted molar refractivity (Wildman–Crippen MR) is 95.2 cm³/mol. The summed E-state index contributed by atoms with van der Waals surface area (Å²) in [6.45, 7) is 6.73. The maximum absolute atomic E-state index is 12.9. The van der Waals surface area contributed by atoms with Crippen molar-refractivity contribution < 1.29 is 14.4 Å². The van der Waals surface area contributed by atoms with Crippen molar-refractivity contribution in [2.24, 2.45) is 11.8 Å². The summed E-state index contributed by atoms with van der Waals surface area (Å²) in [4.78, 5) is 40.8. The number of likely N-dealkylation sites (tertiary alicyclic amines) is 1. The Bertz CT molecular complexity index is 751. The lowest BCUT2D eigenvalue weighted by atomic mass is 9.91. The van der Waals surface area contributed by atoms with E-state index in [9.17, 15) is 14.4 Å². The second-order valence-electron chi connectivity index (χ2n) is 7.79. The van der Waals surface area contributed by atoms with Crippen molar-refractivity contribution in [1.82, 2.24) is 20.4 Å².